The summed E-state index contributed by atoms with van der Waals surface area (Å²) in [6, 6.07) is 0.215. The molecule has 1 aliphatic rings. The van der Waals surface area contributed by atoms with Crippen molar-refractivity contribution in [3.8, 4) is 0 Å². The number of nitrogens with one attached hydrogen (secondary N) is 2. The Bertz CT molecular complexity index is 393. The smallest absolute Gasteiger partial charge is 0.190 e. The maximum atomic E-state index is 5.98. The molecular formula is C17H33N3O2. The normalized spacial score (nSPS) is 19.8. The van der Waals surface area contributed by atoms with Crippen molar-refractivity contribution in [3.05, 3.63) is 23.2 Å². The largest absolute Gasteiger partial charge is 0.474 e. The maximum absolute atomic E-state index is 5.98. The molecule has 2 atom stereocenters. The van der Waals surface area contributed by atoms with Gasteiger partial charge in [0.2, 0.25) is 0 Å². The summed E-state index contributed by atoms with van der Waals surface area (Å²) in [6.07, 6.45) is 3.25. The lowest BCUT2D eigenvalue weighted by Crippen LogP contribution is -2.41. The molecule has 5 nitrogen and oxygen atoms in total. The van der Waals surface area contributed by atoms with Gasteiger partial charge in [-0.1, -0.05) is 13.8 Å². The molecule has 1 rings (SSSR count). The number of hydrogen-bond donors (Lipinski definition) is 2. The van der Waals surface area contributed by atoms with Gasteiger partial charge in [-0.2, -0.15) is 0 Å². The van der Waals surface area contributed by atoms with Crippen molar-refractivity contribution in [2.45, 2.75) is 53.2 Å². The van der Waals surface area contributed by atoms with Crippen molar-refractivity contribution in [2.75, 3.05) is 33.5 Å². The van der Waals surface area contributed by atoms with Gasteiger partial charge in [0.25, 0.3) is 0 Å². The number of dihydropyridines is 1. The van der Waals surface area contributed by atoms with Gasteiger partial charge in [0, 0.05) is 17.9 Å². The van der Waals surface area contributed by atoms with Crippen LogP contribution in [-0.4, -0.2) is 50.5 Å². The van der Waals surface area contributed by atoms with E-state index in [4.69, 9.17) is 9.47 Å². The van der Waals surface area contributed by atoms with Crippen LogP contribution in [0.1, 0.15) is 41.0 Å². The number of nitrogens with zero attached hydrogens (tertiary/aromatic N) is 1. The highest BCUT2D eigenvalue weighted by Crippen LogP contribution is 2.17. The van der Waals surface area contributed by atoms with Crippen LogP contribution in [0.5, 0.6) is 0 Å². The monoisotopic (exact) mass is 311 g/mol. The third kappa shape index (κ3) is 6.28. The van der Waals surface area contributed by atoms with Crippen LogP contribution >= 0.6 is 0 Å². The SMILES string of the molecule is CCCOCC(C)OC1=C(C)C=C(NCN(C)CC)C(C)N1. The lowest BCUT2D eigenvalue weighted by atomic mass is 10.1. The van der Waals surface area contributed by atoms with Crippen molar-refractivity contribution in [3.63, 3.8) is 0 Å². The fraction of sp³-hybridized carbons (Fsp3) is 0.765. The molecule has 0 aromatic heterocycles. The van der Waals surface area contributed by atoms with E-state index in [1.807, 2.05) is 6.92 Å². The molecule has 0 saturated heterocycles. The molecule has 22 heavy (non-hydrogen) atoms. The Balaban J connectivity index is 2.56. The molecule has 0 saturated carbocycles. The number of ether oxygens (including phenoxy) is 2. The van der Waals surface area contributed by atoms with E-state index in [0.717, 1.165) is 37.7 Å². The molecular weight excluding hydrogens is 278 g/mol. The molecule has 0 radical (unpaired) electrons. The van der Waals surface area contributed by atoms with E-state index in [9.17, 15) is 0 Å². The molecule has 0 spiro atoms. The van der Waals surface area contributed by atoms with Gasteiger partial charge in [0.1, 0.15) is 6.10 Å². The second-order valence-electron chi connectivity index (χ2n) is 5.99. The van der Waals surface area contributed by atoms with Gasteiger partial charge in [0.15, 0.2) is 5.88 Å². The lowest BCUT2D eigenvalue weighted by Gasteiger charge is -2.30. The van der Waals surface area contributed by atoms with Crippen LogP contribution in [0.3, 0.4) is 0 Å². The van der Waals surface area contributed by atoms with Crippen LogP contribution < -0.4 is 10.6 Å². The highest BCUT2D eigenvalue weighted by atomic mass is 16.5. The van der Waals surface area contributed by atoms with E-state index in [1.165, 1.54) is 5.70 Å². The third-order valence-electron chi connectivity index (χ3n) is 3.66. The fourth-order valence-corrected chi connectivity index (χ4v) is 2.11. The molecule has 1 heterocycles. The first kappa shape index (κ1) is 18.8. The molecule has 0 amide bonds. The molecule has 0 aromatic carbocycles. The minimum atomic E-state index is 0.0466. The maximum Gasteiger partial charge on any atom is 0.190 e. The highest BCUT2D eigenvalue weighted by Gasteiger charge is 2.19. The number of hydrogen-bond acceptors (Lipinski definition) is 5. The Labute approximate surface area is 135 Å². The molecule has 0 aromatic rings. The van der Waals surface area contributed by atoms with E-state index >= 15 is 0 Å². The molecule has 0 aliphatic carbocycles. The Hall–Kier alpha value is -1.20. The predicted molar refractivity (Wildman–Crippen MR) is 91.3 cm³/mol. The first-order valence-corrected chi connectivity index (χ1v) is 8.33. The van der Waals surface area contributed by atoms with E-state index in [-0.39, 0.29) is 12.1 Å². The molecule has 0 fully saturated rings. The fourth-order valence-electron chi connectivity index (χ4n) is 2.11. The molecule has 128 valence electrons. The van der Waals surface area contributed by atoms with Crippen LogP contribution in [0, 0.1) is 0 Å². The van der Waals surface area contributed by atoms with Gasteiger partial charge in [-0.3, -0.25) is 4.90 Å². The minimum absolute atomic E-state index is 0.0466. The van der Waals surface area contributed by atoms with E-state index < -0.39 is 0 Å². The Morgan fingerprint density at radius 1 is 1.41 bits per heavy atom. The van der Waals surface area contributed by atoms with Crippen molar-refractivity contribution in [1.29, 1.82) is 0 Å². The van der Waals surface area contributed by atoms with Crippen LogP contribution in [0.4, 0.5) is 0 Å². The average molecular weight is 311 g/mol. The molecule has 2 N–H and O–H groups in total. The Kier molecular flexibility index (Phi) is 8.35. The standard InChI is InChI=1S/C17H33N3O2/c1-7-9-21-11-14(4)22-17-13(3)10-16(15(5)19-17)18-12-20(6)8-2/h10,14-15,18-19H,7-9,11-12H2,1-6H3. The van der Waals surface area contributed by atoms with E-state index in [1.54, 1.807) is 0 Å². The second-order valence-corrected chi connectivity index (χ2v) is 5.99. The second kappa shape index (κ2) is 9.74. The lowest BCUT2D eigenvalue weighted by molar-refractivity contribution is 0.0173. The van der Waals surface area contributed by atoms with Gasteiger partial charge in [-0.25, -0.2) is 0 Å². The highest BCUT2D eigenvalue weighted by molar-refractivity contribution is 5.31. The quantitative estimate of drug-likeness (QED) is 0.479. The van der Waals surface area contributed by atoms with Crippen molar-refractivity contribution >= 4 is 0 Å². The first-order valence-electron chi connectivity index (χ1n) is 8.33. The van der Waals surface area contributed by atoms with Gasteiger partial charge < -0.3 is 20.1 Å². The summed E-state index contributed by atoms with van der Waals surface area (Å²) in [4.78, 5) is 2.23. The third-order valence-corrected chi connectivity index (χ3v) is 3.66. The summed E-state index contributed by atoms with van der Waals surface area (Å²) in [6.45, 7) is 13.8. The predicted octanol–water partition coefficient (Wildman–Crippen LogP) is 2.42. The minimum Gasteiger partial charge on any atom is -0.474 e. The summed E-state index contributed by atoms with van der Waals surface area (Å²) in [5.74, 6) is 0.856. The zero-order chi connectivity index (χ0) is 16.5. The summed E-state index contributed by atoms with van der Waals surface area (Å²) in [5.41, 5.74) is 2.31. The van der Waals surface area contributed by atoms with E-state index in [2.05, 4.69) is 56.4 Å². The van der Waals surface area contributed by atoms with Crippen LogP contribution in [0.15, 0.2) is 23.2 Å². The Morgan fingerprint density at radius 2 is 2.14 bits per heavy atom. The summed E-state index contributed by atoms with van der Waals surface area (Å²) >= 11 is 0. The average Bonchev–Trinajstić information content (AvgIpc) is 2.49. The number of allylic oxidation sites excluding steroid dienone is 2. The molecule has 2 unspecified atom stereocenters. The van der Waals surface area contributed by atoms with Gasteiger partial charge in [-0.15, -0.1) is 0 Å². The zero-order valence-corrected chi connectivity index (χ0v) is 15.0. The van der Waals surface area contributed by atoms with E-state index in [0.29, 0.717) is 6.61 Å². The summed E-state index contributed by atoms with van der Waals surface area (Å²) in [7, 11) is 2.10. The van der Waals surface area contributed by atoms with Gasteiger partial charge in [0.05, 0.1) is 19.3 Å². The van der Waals surface area contributed by atoms with Crippen molar-refractivity contribution < 1.29 is 9.47 Å². The number of rotatable bonds is 10. The first-order chi connectivity index (χ1) is 10.5. The molecule has 1 aliphatic heterocycles. The van der Waals surface area contributed by atoms with Crippen LogP contribution in [0.2, 0.25) is 0 Å². The Morgan fingerprint density at radius 3 is 2.77 bits per heavy atom. The topological polar surface area (TPSA) is 45.8 Å². The molecule has 5 heteroatoms. The summed E-state index contributed by atoms with van der Waals surface area (Å²) < 4.78 is 11.5. The van der Waals surface area contributed by atoms with Crippen LogP contribution in [0.25, 0.3) is 0 Å². The zero-order valence-electron chi connectivity index (χ0n) is 15.0. The van der Waals surface area contributed by atoms with Gasteiger partial charge >= 0.3 is 0 Å². The van der Waals surface area contributed by atoms with Crippen molar-refractivity contribution in [1.82, 2.24) is 15.5 Å². The van der Waals surface area contributed by atoms with Crippen molar-refractivity contribution in [2.24, 2.45) is 0 Å². The van der Waals surface area contributed by atoms with Crippen LogP contribution in [-0.2, 0) is 9.47 Å². The van der Waals surface area contributed by atoms with Gasteiger partial charge in [-0.05, 0) is 46.9 Å². The molecule has 0 bridgehead atoms. The summed E-state index contributed by atoms with van der Waals surface area (Å²) in [5, 5.41) is 6.91.